The van der Waals surface area contributed by atoms with E-state index in [2.05, 4.69) is 10.5 Å². The van der Waals surface area contributed by atoms with Crippen LogP contribution >= 0.6 is 0 Å². The third kappa shape index (κ3) is 7.27. The summed E-state index contributed by atoms with van der Waals surface area (Å²) in [6.45, 7) is 2.03. The molecule has 0 saturated heterocycles. The van der Waals surface area contributed by atoms with Crippen LogP contribution in [0.3, 0.4) is 0 Å². The van der Waals surface area contributed by atoms with Gasteiger partial charge in [0.05, 0.1) is 17.7 Å². The molecule has 8 heteroatoms. The van der Waals surface area contributed by atoms with E-state index < -0.39 is 15.9 Å². The van der Waals surface area contributed by atoms with Crippen molar-refractivity contribution in [2.75, 3.05) is 6.54 Å². The van der Waals surface area contributed by atoms with E-state index in [1.165, 1.54) is 10.5 Å². The van der Waals surface area contributed by atoms with Gasteiger partial charge in [0.15, 0.2) is 0 Å². The Morgan fingerprint density at radius 3 is 2.38 bits per heavy atom. The molecule has 7 nitrogen and oxygen atoms in total. The number of carbonyl (C=O) groups excluding carboxylic acids is 1. The highest BCUT2D eigenvalue weighted by Gasteiger charge is 2.33. The largest absolute Gasteiger partial charge is 0.488 e. The lowest BCUT2D eigenvalue weighted by Gasteiger charge is -2.32. The van der Waals surface area contributed by atoms with E-state index in [-0.39, 0.29) is 17.5 Å². The van der Waals surface area contributed by atoms with E-state index in [0.29, 0.717) is 17.9 Å². The Bertz CT molecular complexity index is 1300. The number of rotatable bonds is 10. The number of hydrazone groups is 1. The first-order valence-electron chi connectivity index (χ1n) is 12.6. The molecule has 1 fully saturated rings. The lowest BCUT2D eigenvalue weighted by molar-refractivity contribution is -0.121. The maximum Gasteiger partial charge on any atom is 0.255 e. The zero-order valence-corrected chi connectivity index (χ0v) is 21.9. The molecule has 0 aliphatic heterocycles. The van der Waals surface area contributed by atoms with E-state index in [1.54, 1.807) is 24.3 Å². The molecule has 0 spiro atoms. The number of carbonyl (C=O) groups is 1. The standard InChI is InChI=1S/C29H33N3O4S/c1-23-16-18-27(19-17-23)37(34,35)32(26-13-6-3-7-14-26)21-29(33)31-30-20-25-12-8-9-15-28(25)36-22-24-10-4-2-5-11-24/h2,4-5,8-12,15-20,26H,3,6-7,13-14,21-22H2,1H3,(H,31,33). The van der Waals surface area contributed by atoms with Gasteiger partial charge in [-0.1, -0.05) is 79.4 Å². The fourth-order valence-corrected chi connectivity index (χ4v) is 6.07. The molecule has 37 heavy (non-hydrogen) atoms. The van der Waals surface area contributed by atoms with Crippen LogP contribution in [0.4, 0.5) is 0 Å². The van der Waals surface area contributed by atoms with Crippen molar-refractivity contribution in [3.05, 3.63) is 95.6 Å². The summed E-state index contributed by atoms with van der Waals surface area (Å²) in [5.41, 5.74) is 5.22. The molecule has 0 bridgehead atoms. The second-order valence-electron chi connectivity index (χ2n) is 9.26. The topological polar surface area (TPSA) is 88.1 Å². The maximum atomic E-state index is 13.5. The molecule has 3 aromatic carbocycles. The average Bonchev–Trinajstić information content (AvgIpc) is 2.92. The van der Waals surface area contributed by atoms with E-state index in [1.807, 2.05) is 61.5 Å². The normalized spacial score (nSPS) is 14.6. The maximum absolute atomic E-state index is 13.5. The highest BCUT2D eigenvalue weighted by atomic mass is 32.2. The molecular formula is C29H33N3O4S. The smallest absolute Gasteiger partial charge is 0.255 e. The minimum Gasteiger partial charge on any atom is -0.488 e. The molecule has 1 aliphatic carbocycles. The van der Waals surface area contributed by atoms with Crippen molar-refractivity contribution in [3.63, 3.8) is 0 Å². The van der Waals surface area contributed by atoms with Crippen molar-refractivity contribution in [1.29, 1.82) is 0 Å². The molecule has 194 valence electrons. The fraction of sp³-hybridized carbons (Fsp3) is 0.310. The zero-order chi connectivity index (χ0) is 26.1. The first-order valence-corrected chi connectivity index (χ1v) is 14.0. The number of amides is 1. The van der Waals surface area contributed by atoms with Crippen LogP contribution in [0.5, 0.6) is 5.75 Å². The van der Waals surface area contributed by atoms with Gasteiger partial charge in [-0.25, -0.2) is 13.8 Å². The number of benzene rings is 3. The van der Waals surface area contributed by atoms with Crippen LogP contribution in [-0.2, 0) is 21.4 Å². The van der Waals surface area contributed by atoms with Gasteiger partial charge in [0.25, 0.3) is 5.91 Å². The van der Waals surface area contributed by atoms with Crippen molar-refractivity contribution in [1.82, 2.24) is 9.73 Å². The van der Waals surface area contributed by atoms with Crippen molar-refractivity contribution >= 4 is 22.1 Å². The highest BCUT2D eigenvalue weighted by molar-refractivity contribution is 7.89. The van der Waals surface area contributed by atoms with E-state index in [9.17, 15) is 13.2 Å². The predicted molar refractivity (Wildman–Crippen MR) is 145 cm³/mol. The number of nitrogens with one attached hydrogen (secondary N) is 1. The zero-order valence-electron chi connectivity index (χ0n) is 21.0. The summed E-state index contributed by atoms with van der Waals surface area (Å²) in [4.78, 5) is 13.1. The number of ether oxygens (including phenoxy) is 1. The van der Waals surface area contributed by atoms with Crippen LogP contribution in [0, 0.1) is 6.92 Å². The lowest BCUT2D eigenvalue weighted by atomic mass is 9.95. The minimum absolute atomic E-state index is 0.199. The van der Waals surface area contributed by atoms with Crippen molar-refractivity contribution in [2.24, 2.45) is 5.10 Å². The van der Waals surface area contributed by atoms with Gasteiger partial charge < -0.3 is 4.74 Å². The molecule has 0 aromatic heterocycles. The van der Waals surface area contributed by atoms with Crippen LogP contribution in [0.2, 0.25) is 0 Å². The molecule has 1 amide bonds. The Hall–Kier alpha value is -3.49. The summed E-state index contributed by atoms with van der Waals surface area (Å²) in [6.07, 6.45) is 5.98. The molecule has 1 N–H and O–H groups in total. The first-order chi connectivity index (χ1) is 17.9. The summed E-state index contributed by atoms with van der Waals surface area (Å²) in [6, 6.07) is 23.8. The Balaban J connectivity index is 1.43. The summed E-state index contributed by atoms with van der Waals surface area (Å²) < 4.78 is 34.3. The van der Waals surface area contributed by atoms with Crippen LogP contribution in [0.25, 0.3) is 0 Å². The van der Waals surface area contributed by atoms with Gasteiger partial charge in [-0.05, 0) is 49.6 Å². The Morgan fingerprint density at radius 1 is 0.973 bits per heavy atom. The Labute approximate surface area is 219 Å². The monoisotopic (exact) mass is 519 g/mol. The SMILES string of the molecule is Cc1ccc(S(=O)(=O)N(CC(=O)NN=Cc2ccccc2OCc2ccccc2)C2CCCCC2)cc1. The summed E-state index contributed by atoms with van der Waals surface area (Å²) in [7, 11) is -3.83. The van der Waals surface area contributed by atoms with Crippen molar-refractivity contribution < 1.29 is 17.9 Å². The van der Waals surface area contributed by atoms with Gasteiger partial charge in [0.2, 0.25) is 10.0 Å². The number of sulfonamides is 1. The highest BCUT2D eigenvalue weighted by Crippen LogP contribution is 2.28. The molecule has 0 unspecified atom stereocenters. The second-order valence-corrected chi connectivity index (χ2v) is 11.2. The Morgan fingerprint density at radius 2 is 1.65 bits per heavy atom. The second kappa shape index (κ2) is 12.7. The van der Waals surface area contributed by atoms with Crippen molar-refractivity contribution in [3.8, 4) is 5.75 Å². The van der Waals surface area contributed by atoms with Gasteiger partial charge in [-0.3, -0.25) is 4.79 Å². The number of hydrogen-bond donors (Lipinski definition) is 1. The molecule has 0 atom stereocenters. The van der Waals surface area contributed by atoms with Gasteiger partial charge in [-0.2, -0.15) is 9.41 Å². The average molecular weight is 520 g/mol. The summed E-state index contributed by atoms with van der Waals surface area (Å²) in [5, 5.41) is 4.10. The number of para-hydroxylation sites is 1. The lowest BCUT2D eigenvalue weighted by Crippen LogP contribution is -2.46. The number of nitrogens with zero attached hydrogens (tertiary/aromatic N) is 2. The fourth-order valence-electron chi connectivity index (χ4n) is 4.43. The molecule has 0 radical (unpaired) electrons. The molecule has 3 aromatic rings. The predicted octanol–water partition coefficient (Wildman–Crippen LogP) is 5.05. The van der Waals surface area contributed by atoms with Gasteiger partial charge in [0, 0.05) is 11.6 Å². The molecule has 1 aliphatic rings. The van der Waals surface area contributed by atoms with Crippen LogP contribution in [0.15, 0.2) is 88.9 Å². The summed E-state index contributed by atoms with van der Waals surface area (Å²) >= 11 is 0. The molecule has 0 heterocycles. The van der Waals surface area contributed by atoms with Gasteiger partial charge in [0.1, 0.15) is 12.4 Å². The van der Waals surface area contributed by atoms with E-state index in [4.69, 9.17) is 4.74 Å². The third-order valence-corrected chi connectivity index (χ3v) is 8.37. The van der Waals surface area contributed by atoms with Gasteiger partial charge in [-0.15, -0.1) is 0 Å². The molecular weight excluding hydrogens is 486 g/mol. The van der Waals surface area contributed by atoms with Crippen LogP contribution in [-0.4, -0.2) is 37.4 Å². The van der Waals surface area contributed by atoms with E-state index >= 15 is 0 Å². The summed E-state index contributed by atoms with van der Waals surface area (Å²) in [5.74, 6) is 0.148. The minimum atomic E-state index is -3.83. The van der Waals surface area contributed by atoms with Crippen LogP contribution < -0.4 is 10.2 Å². The molecule has 1 saturated carbocycles. The Kier molecular flexibility index (Phi) is 9.09. The number of hydrogen-bond acceptors (Lipinski definition) is 5. The van der Waals surface area contributed by atoms with Gasteiger partial charge >= 0.3 is 0 Å². The third-order valence-electron chi connectivity index (χ3n) is 6.46. The quantitative estimate of drug-likeness (QED) is 0.300. The van der Waals surface area contributed by atoms with Crippen molar-refractivity contribution in [2.45, 2.75) is 56.6 Å². The van der Waals surface area contributed by atoms with Crippen LogP contribution in [0.1, 0.15) is 48.8 Å². The number of aryl methyl sites for hydroxylation is 1. The van der Waals surface area contributed by atoms with E-state index in [0.717, 1.165) is 43.2 Å². The first kappa shape index (κ1) is 26.6. The molecule has 4 rings (SSSR count).